The molecule has 11 nitrogen and oxygen atoms in total. The lowest BCUT2D eigenvalue weighted by atomic mass is 10.1. The first-order valence-electron chi connectivity index (χ1n) is 19.9. The number of allylic oxidation sites excluding steroid dienone is 4. The van der Waals surface area contributed by atoms with Gasteiger partial charge in [-0.1, -0.05) is 141 Å². The molecule has 0 bridgehead atoms. The van der Waals surface area contributed by atoms with Crippen LogP contribution in [-0.4, -0.2) is 59.9 Å². The molecule has 4 N–H and O–H groups in total. The number of phosphoric ester groups is 1. The average Bonchev–Trinajstić information content (AvgIpc) is 3.10. The van der Waals surface area contributed by atoms with E-state index in [0.29, 0.717) is 12.8 Å². The third-order valence-corrected chi connectivity index (χ3v) is 9.40. The number of hydrogen-bond acceptors (Lipinski definition) is 9. The van der Waals surface area contributed by atoms with Crippen molar-refractivity contribution in [2.75, 3.05) is 19.8 Å². The van der Waals surface area contributed by atoms with Crippen LogP contribution in [-0.2, 0) is 37.5 Å². The zero-order valence-corrected chi connectivity index (χ0v) is 32.8. The largest absolute Gasteiger partial charge is 0.480 e. The Bertz CT molecular complexity index is 974. The van der Waals surface area contributed by atoms with Crippen LogP contribution in [0.3, 0.4) is 0 Å². The number of carboxylic acid groups (broad SMARTS) is 1. The van der Waals surface area contributed by atoms with Gasteiger partial charge in [0.1, 0.15) is 12.6 Å². The first-order chi connectivity index (χ1) is 24.6. The number of aliphatic carboxylic acids is 1. The van der Waals surface area contributed by atoms with E-state index in [0.717, 1.165) is 64.2 Å². The van der Waals surface area contributed by atoms with Crippen LogP contribution in [0.15, 0.2) is 24.3 Å². The number of hydrogen-bond donors (Lipinski definition) is 3. The Morgan fingerprint density at radius 3 is 1.53 bits per heavy atom. The van der Waals surface area contributed by atoms with Gasteiger partial charge in [-0.15, -0.1) is 0 Å². The second-order valence-electron chi connectivity index (χ2n) is 13.4. The van der Waals surface area contributed by atoms with Crippen LogP contribution in [0.1, 0.15) is 174 Å². The van der Waals surface area contributed by atoms with E-state index in [4.69, 9.17) is 24.8 Å². The molecule has 0 amide bonds. The Kier molecular flexibility index (Phi) is 33.6. The van der Waals surface area contributed by atoms with Crippen molar-refractivity contribution in [2.45, 2.75) is 187 Å². The van der Waals surface area contributed by atoms with Crippen LogP contribution in [0.2, 0.25) is 0 Å². The summed E-state index contributed by atoms with van der Waals surface area (Å²) in [5.41, 5.74) is 5.30. The van der Waals surface area contributed by atoms with E-state index in [1.807, 2.05) is 0 Å². The standard InChI is InChI=1S/C39H72NO10P/c1-3-5-7-9-11-12-13-14-15-16-17-18-19-20-21-22-23-24-25-27-29-31-38(42)50-35(32-47-37(41)30-28-26-10-8-6-4-2)33-48-51(45,46)49-34-36(40)39(43)44/h13-14,16-17,35-36H,3-12,15,18-34,40H2,1-2H3,(H,43,44)(H,45,46)/b14-13-,17-16-. The molecule has 12 heteroatoms. The summed E-state index contributed by atoms with van der Waals surface area (Å²) in [4.78, 5) is 45.5. The van der Waals surface area contributed by atoms with Crippen LogP contribution in [0.5, 0.6) is 0 Å². The smallest absolute Gasteiger partial charge is 0.472 e. The van der Waals surface area contributed by atoms with Crippen molar-refractivity contribution in [2.24, 2.45) is 5.73 Å². The third-order valence-electron chi connectivity index (χ3n) is 8.45. The fourth-order valence-corrected chi connectivity index (χ4v) is 6.05. The fraction of sp³-hybridized carbons (Fsp3) is 0.821. The predicted octanol–water partition coefficient (Wildman–Crippen LogP) is 9.89. The summed E-state index contributed by atoms with van der Waals surface area (Å²) >= 11 is 0. The van der Waals surface area contributed by atoms with Gasteiger partial charge in [0.2, 0.25) is 0 Å². The average molecular weight is 746 g/mol. The molecule has 0 aliphatic rings. The van der Waals surface area contributed by atoms with Gasteiger partial charge in [-0.25, -0.2) is 4.57 Å². The number of esters is 2. The first-order valence-corrected chi connectivity index (χ1v) is 21.4. The van der Waals surface area contributed by atoms with Gasteiger partial charge in [-0.3, -0.25) is 23.4 Å². The summed E-state index contributed by atoms with van der Waals surface area (Å²) in [7, 11) is -4.70. The van der Waals surface area contributed by atoms with Gasteiger partial charge in [0, 0.05) is 12.8 Å². The molecule has 0 aromatic rings. The monoisotopic (exact) mass is 745 g/mol. The Labute approximate surface area is 309 Å². The zero-order chi connectivity index (χ0) is 37.8. The second kappa shape index (κ2) is 35.0. The molecule has 0 fully saturated rings. The molecule has 0 aromatic heterocycles. The summed E-state index contributed by atoms with van der Waals surface area (Å²) in [6, 6.07) is -1.52. The molecule has 0 aromatic carbocycles. The lowest BCUT2D eigenvalue weighted by molar-refractivity contribution is -0.161. The molecule has 0 aliphatic carbocycles. The van der Waals surface area contributed by atoms with Crippen molar-refractivity contribution in [3.63, 3.8) is 0 Å². The zero-order valence-electron chi connectivity index (χ0n) is 31.9. The van der Waals surface area contributed by atoms with Crippen molar-refractivity contribution in [3.8, 4) is 0 Å². The summed E-state index contributed by atoms with van der Waals surface area (Å²) in [6.45, 7) is 2.70. The van der Waals surface area contributed by atoms with Crippen LogP contribution < -0.4 is 5.73 Å². The van der Waals surface area contributed by atoms with Crippen LogP contribution in [0.4, 0.5) is 0 Å². The molecule has 0 saturated carbocycles. The number of rotatable bonds is 37. The van der Waals surface area contributed by atoms with E-state index in [1.54, 1.807) is 0 Å². The molecule has 0 saturated heterocycles. The van der Waals surface area contributed by atoms with Crippen LogP contribution in [0, 0.1) is 0 Å². The predicted molar refractivity (Wildman–Crippen MR) is 203 cm³/mol. The Morgan fingerprint density at radius 1 is 0.608 bits per heavy atom. The maximum absolute atomic E-state index is 12.5. The van der Waals surface area contributed by atoms with Gasteiger partial charge in [0.25, 0.3) is 0 Å². The van der Waals surface area contributed by atoms with Gasteiger partial charge in [0.05, 0.1) is 13.2 Å². The molecular formula is C39H72NO10P. The first kappa shape index (κ1) is 49.0. The number of carbonyl (C=O) groups excluding carboxylic acids is 2. The second-order valence-corrected chi connectivity index (χ2v) is 14.9. The number of nitrogens with two attached hydrogens (primary N) is 1. The van der Waals surface area contributed by atoms with Crippen LogP contribution >= 0.6 is 7.82 Å². The van der Waals surface area contributed by atoms with Crippen molar-refractivity contribution >= 4 is 25.7 Å². The van der Waals surface area contributed by atoms with Gasteiger partial charge >= 0.3 is 25.7 Å². The molecular weight excluding hydrogens is 673 g/mol. The topological polar surface area (TPSA) is 172 Å². The van der Waals surface area contributed by atoms with E-state index >= 15 is 0 Å². The molecule has 0 radical (unpaired) electrons. The van der Waals surface area contributed by atoms with E-state index in [9.17, 15) is 23.8 Å². The van der Waals surface area contributed by atoms with Gasteiger partial charge in [-0.05, 0) is 44.9 Å². The summed E-state index contributed by atoms with van der Waals surface area (Å²) < 4.78 is 32.4. The lowest BCUT2D eigenvalue weighted by Gasteiger charge is -2.20. The number of ether oxygens (including phenoxy) is 2. The number of carbonyl (C=O) groups is 3. The maximum Gasteiger partial charge on any atom is 0.472 e. The normalized spacial score (nSPS) is 14.1. The van der Waals surface area contributed by atoms with Crippen molar-refractivity contribution < 1.29 is 47.5 Å². The third kappa shape index (κ3) is 34.8. The van der Waals surface area contributed by atoms with Gasteiger partial charge < -0.3 is 25.2 Å². The van der Waals surface area contributed by atoms with E-state index in [2.05, 4.69) is 42.7 Å². The van der Waals surface area contributed by atoms with E-state index in [1.165, 1.54) is 70.6 Å². The Morgan fingerprint density at radius 2 is 1.04 bits per heavy atom. The van der Waals surface area contributed by atoms with Crippen LogP contribution in [0.25, 0.3) is 0 Å². The quantitative estimate of drug-likeness (QED) is 0.0239. The lowest BCUT2D eigenvalue weighted by Crippen LogP contribution is -2.34. The minimum atomic E-state index is -4.70. The fourth-order valence-electron chi connectivity index (χ4n) is 5.27. The van der Waals surface area contributed by atoms with E-state index in [-0.39, 0.29) is 19.4 Å². The highest BCUT2D eigenvalue weighted by molar-refractivity contribution is 7.47. The molecule has 0 aliphatic heterocycles. The molecule has 3 unspecified atom stereocenters. The Balaban J connectivity index is 4.23. The molecule has 3 atom stereocenters. The van der Waals surface area contributed by atoms with Gasteiger partial charge in [0.15, 0.2) is 6.10 Å². The summed E-state index contributed by atoms with van der Waals surface area (Å²) in [5, 5.41) is 8.84. The molecule has 298 valence electrons. The Hall–Kier alpha value is -2.04. The van der Waals surface area contributed by atoms with Gasteiger partial charge in [-0.2, -0.15) is 0 Å². The molecule has 51 heavy (non-hydrogen) atoms. The minimum absolute atomic E-state index is 0.158. The SMILES string of the molecule is CCCCCCC/C=C\C/C=C\CCCCCCCCCCCC(=O)OC(COC(=O)CCCCCCCC)COP(=O)(O)OCC(N)C(=O)O. The van der Waals surface area contributed by atoms with Crippen molar-refractivity contribution in [1.29, 1.82) is 0 Å². The highest BCUT2D eigenvalue weighted by atomic mass is 31.2. The maximum atomic E-state index is 12.5. The summed E-state index contributed by atoms with van der Waals surface area (Å²) in [5.74, 6) is -2.39. The van der Waals surface area contributed by atoms with Crippen molar-refractivity contribution in [3.05, 3.63) is 24.3 Å². The summed E-state index contributed by atoms with van der Waals surface area (Å²) in [6.07, 6.45) is 34.3. The van der Waals surface area contributed by atoms with E-state index < -0.39 is 51.1 Å². The minimum Gasteiger partial charge on any atom is -0.480 e. The molecule has 0 rings (SSSR count). The number of carboxylic acids is 1. The molecule has 0 spiro atoms. The highest BCUT2D eigenvalue weighted by Crippen LogP contribution is 2.43. The highest BCUT2D eigenvalue weighted by Gasteiger charge is 2.28. The number of phosphoric acid groups is 1. The number of unbranched alkanes of at least 4 members (excludes halogenated alkanes) is 19. The van der Waals surface area contributed by atoms with Crippen molar-refractivity contribution in [1.82, 2.24) is 0 Å². The molecule has 0 heterocycles.